The van der Waals surface area contributed by atoms with E-state index in [1.807, 2.05) is 30.3 Å². The Morgan fingerprint density at radius 3 is 2.14 bits per heavy atom. The number of hydrogen-bond acceptors (Lipinski definition) is 4. The van der Waals surface area contributed by atoms with Gasteiger partial charge in [0.1, 0.15) is 5.75 Å². The van der Waals surface area contributed by atoms with Gasteiger partial charge in [0.25, 0.3) is 10.0 Å². The smallest absolute Gasteiger partial charge is 0.262 e. The van der Waals surface area contributed by atoms with E-state index in [1.54, 1.807) is 44.4 Å². The molecule has 0 aromatic heterocycles. The topological polar surface area (TPSA) is 67.4 Å². The average Bonchev–Trinajstić information content (AvgIpc) is 2.69. The molecule has 0 bridgehead atoms. The van der Waals surface area contributed by atoms with Gasteiger partial charge in [-0.2, -0.15) is 0 Å². The molecule has 0 amide bonds. The third-order valence-corrected chi connectivity index (χ3v) is 6.03. The summed E-state index contributed by atoms with van der Waals surface area (Å²) in [5.74, 6) is 0.624. The van der Waals surface area contributed by atoms with Gasteiger partial charge in [-0.05, 0) is 67.4 Å². The Morgan fingerprint density at radius 1 is 0.893 bits per heavy atom. The summed E-state index contributed by atoms with van der Waals surface area (Å²) in [6.45, 7) is 3.83. The number of aryl methyl sites for hydroxylation is 1. The summed E-state index contributed by atoms with van der Waals surface area (Å²) < 4.78 is 33.2. The average molecular weight is 397 g/mol. The molecule has 0 saturated carbocycles. The van der Waals surface area contributed by atoms with Gasteiger partial charge in [-0.25, -0.2) is 8.42 Å². The fourth-order valence-corrected chi connectivity index (χ4v) is 4.26. The van der Waals surface area contributed by atoms with Crippen LogP contribution in [0.2, 0.25) is 0 Å². The lowest BCUT2D eigenvalue weighted by Crippen LogP contribution is -2.14. The molecule has 146 valence electrons. The molecule has 28 heavy (non-hydrogen) atoms. The van der Waals surface area contributed by atoms with E-state index in [0.29, 0.717) is 17.0 Å². The van der Waals surface area contributed by atoms with Crippen molar-refractivity contribution < 1.29 is 13.2 Å². The van der Waals surface area contributed by atoms with E-state index in [4.69, 9.17) is 4.74 Å². The van der Waals surface area contributed by atoms with Gasteiger partial charge in [-0.1, -0.05) is 30.3 Å². The largest absolute Gasteiger partial charge is 0.497 e. The van der Waals surface area contributed by atoms with Crippen molar-refractivity contribution in [3.63, 3.8) is 0 Å². The molecule has 0 aliphatic carbocycles. The van der Waals surface area contributed by atoms with Gasteiger partial charge in [0.15, 0.2) is 0 Å². The summed E-state index contributed by atoms with van der Waals surface area (Å²) in [6.07, 6.45) is 0. The van der Waals surface area contributed by atoms with Crippen LogP contribution >= 0.6 is 0 Å². The molecule has 5 nitrogen and oxygen atoms in total. The highest BCUT2D eigenvalue weighted by Gasteiger charge is 2.17. The van der Waals surface area contributed by atoms with Crippen LogP contribution < -0.4 is 14.8 Å². The predicted octanol–water partition coefficient (Wildman–Crippen LogP) is 4.98. The molecule has 0 radical (unpaired) electrons. The Hall–Kier alpha value is -2.99. The van der Waals surface area contributed by atoms with Gasteiger partial charge in [0.05, 0.1) is 12.0 Å². The number of benzene rings is 3. The molecule has 0 saturated heterocycles. The van der Waals surface area contributed by atoms with Crippen LogP contribution in [0.5, 0.6) is 5.75 Å². The summed E-state index contributed by atoms with van der Waals surface area (Å²) in [5, 5.41) is 3.41. The molecule has 1 atom stereocenters. The molecule has 0 aliphatic rings. The first-order valence-corrected chi connectivity index (χ1v) is 10.5. The van der Waals surface area contributed by atoms with Gasteiger partial charge in [-0.3, -0.25) is 4.72 Å². The maximum atomic E-state index is 12.7. The molecule has 0 aliphatic heterocycles. The van der Waals surface area contributed by atoms with Crippen molar-refractivity contribution in [2.75, 3.05) is 17.1 Å². The Morgan fingerprint density at radius 2 is 1.54 bits per heavy atom. The number of sulfonamides is 1. The van der Waals surface area contributed by atoms with Crippen molar-refractivity contribution in [3.8, 4) is 5.75 Å². The summed E-state index contributed by atoms with van der Waals surface area (Å²) in [4.78, 5) is 0.230. The summed E-state index contributed by atoms with van der Waals surface area (Å²) >= 11 is 0. The number of anilines is 2. The van der Waals surface area contributed by atoms with Crippen LogP contribution in [0.4, 0.5) is 11.4 Å². The second-order valence-electron chi connectivity index (χ2n) is 6.59. The molecular formula is C22H24N2O3S. The van der Waals surface area contributed by atoms with Crippen molar-refractivity contribution in [2.24, 2.45) is 0 Å². The van der Waals surface area contributed by atoms with E-state index in [2.05, 4.69) is 29.1 Å². The van der Waals surface area contributed by atoms with Crippen LogP contribution in [-0.4, -0.2) is 15.5 Å². The van der Waals surface area contributed by atoms with Crippen molar-refractivity contribution in [3.05, 3.63) is 83.9 Å². The van der Waals surface area contributed by atoms with Gasteiger partial charge < -0.3 is 10.1 Å². The molecule has 1 unspecified atom stereocenters. The van der Waals surface area contributed by atoms with Crippen LogP contribution in [0.25, 0.3) is 0 Å². The minimum absolute atomic E-state index is 0.144. The quantitative estimate of drug-likeness (QED) is 0.591. The van der Waals surface area contributed by atoms with Crippen molar-refractivity contribution >= 4 is 21.4 Å². The van der Waals surface area contributed by atoms with Crippen molar-refractivity contribution in [1.82, 2.24) is 0 Å². The maximum Gasteiger partial charge on any atom is 0.262 e. The fraction of sp³-hybridized carbons (Fsp3) is 0.182. The van der Waals surface area contributed by atoms with Gasteiger partial charge in [0.2, 0.25) is 0 Å². The molecule has 6 heteroatoms. The van der Waals surface area contributed by atoms with Crippen LogP contribution in [0.1, 0.15) is 24.1 Å². The summed E-state index contributed by atoms with van der Waals surface area (Å²) in [5.41, 5.74) is 3.23. The minimum atomic E-state index is -3.67. The molecule has 3 aromatic carbocycles. The van der Waals surface area contributed by atoms with Crippen LogP contribution in [-0.2, 0) is 10.0 Å². The summed E-state index contributed by atoms with van der Waals surface area (Å²) in [6, 6.07) is 22.4. The molecular weight excluding hydrogens is 372 g/mol. The molecule has 3 aromatic rings. The predicted molar refractivity (Wildman–Crippen MR) is 113 cm³/mol. The molecule has 3 rings (SSSR count). The zero-order valence-electron chi connectivity index (χ0n) is 16.1. The first-order valence-electron chi connectivity index (χ1n) is 8.98. The number of methoxy groups -OCH3 is 1. The number of ether oxygens (including phenoxy) is 1. The Kier molecular flexibility index (Phi) is 5.90. The van der Waals surface area contributed by atoms with E-state index in [-0.39, 0.29) is 10.9 Å². The molecule has 2 N–H and O–H groups in total. The Balaban J connectivity index is 1.71. The lowest BCUT2D eigenvalue weighted by Gasteiger charge is -2.16. The fourth-order valence-electron chi connectivity index (χ4n) is 2.97. The highest BCUT2D eigenvalue weighted by Crippen LogP contribution is 2.25. The zero-order valence-corrected chi connectivity index (χ0v) is 17.0. The second-order valence-corrected chi connectivity index (χ2v) is 8.24. The Labute approximate surface area is 166 Å². The standard InChI is InChI=1S/C22H24N2O3S/c1-16-15-21(27-3)13-14-22(16)28(25,26)24-20-11-9-19(10-12-20)23-17(2)18-7-5-4-6-8-18/h4-15,17,23-24H,1-3H3. The lowest BCUT2D eigenvalue weighted by atomic mass is 10.1. The highest BCUT2D eigenvalue weighted by atomic mass is 32.2. The number of rotatable bonds is 7. The monoisotopic (exact) mass is 396 g/mol. The van der Waals surface area contributed by atoms with Gasteiger partial charge >= 0.3 is 0 Å². The van der Waals surface area contributed by atoms with E-state index in [0.717, 1.165) is 5.69 Å². The first-order chi connectivity index (χ1) is 13.4. The van der Waals surface area contributed by atoms with E-state index in [9.17, 15) is 8.42 Å². The minimum Gasteiger partial charge on any atom is -0.497 e. The van der Waals surface area contributed by atoms with E-state index in [1.165, 1.54) is 5.56 Å². The van der Waals surface area contributed by atoms with Gasteiger partial charge in [-0.15, -0.1) is 0 Å². The molecule has 0 heterocycles. The third kappa shape index (κ3) is 4.64. The Bertz CT molecular complexity index is 1030. The molecule has 0 spiro atoms. The highest BCUT2D eigenvalue weighted by molar-refractivity contribution is 7.92. The number of nitrogens with one attached hydrogen (secondary N) is 2. The second kappa shape index (κ2) is 8.35. The normalized spacial score (nSPS) is 12.2. The first kappa shape index (κ1) is 19.8. The SMILES string of the molecule is COc1ccc(S(=O)(=O)Nc2ccc(NC(C)c3ccccc3)cc2)c(C)c1. The zero-order chi connectivity index (χ0) is 20.1. The number of hydrogen-bond donors (Lipinski definition) is 2. The maximum absolute atomic E-state index is 12.7. The van der Waals surface area contributed by atoms with Crippen molar-refractivity contribution in [1.29, 1.82) is 0 Å². The van der Waals surface area contributed by atoms with Crippen molar-refractivity contribution in [2.45, 2.75) is 24.8 Å². The van der Waals surface area contributed by atoms with Crippen LogP contribution in [0.3, 0.4) is 0 Å². The van der Waals surface area contributed by atoms with E-state index < -0.39 is 10.0 Å². The van der Waals surface area contributed by atoms with Crippen LogP contribution in [0.15, 0.2) is 77.7 Å². The van der Waals surface area contributed by atoms with E-state index >= 15 is 0 Å². The third-order valence-electron chi connectivity index (χ3n) is 4.49. The lowest BCUT2D eigenvalue weighted by molar-refractivity contribution is 0.414. The summed E-state index contributed by atoms with van der Waals surface area (Å²) in [7, 11) is -2.12. The molecule has 0 fully saturated rings. The van der Waals surface area contributed by atoms with Gasteiger partial charge in [0, 0.05) is 17.4 Å². The van der Waals surface area contributed by atoms with Crippen LogP contribution in [0, 0.1) is 6.92 Å².